The number of anilines is 2. The van der Waals surface area contributed by atoms with E-state index >= 15 is 0 Å². The number of quaternary nitrogens is 1. The zero-order valence-corrected chi connectivity index (χ0v) is 17.2. The quantitative estimate of drug-likeness (QED) is 0.546. The van der Waals surface area contributed by atoms with Crippen LogP contribution in [0.1, 0.15) is 13.8 Å². The fraction of sp³-hybridized carbons (Fsp3) is 0.333. The van der Waals surface area contributed by atoms with Gasteiger partial charge in [0.2, 0.25) is 0 Å². The van der Waals surface area contributed by atoms with Crippen LogP contribution in [-0.2, 0) is 9.59 Å². The minimum atomic E-state index is -0.862. The first-order valence-electron chi connectivity index (χ1n) is 9.58. The Hall–Kier alpha value is -3.20. The Balaban J connectivity index is 1.91. The summed E-state index contributed by atoms with van der Waals surface area (Å²) in [6, 6.07) is 8.37. The first kappa shape index (κ1) is 23.1. The summed E-state index contributed by atoms with van der Waals surface area (Å²) in [5.74, 6) is -1.56. The minimum Gasteiger partial charge on any atom is -0.490 e. The summed E-state index contributed by atoms with van der Waals surface area (Å²) in [5, 5.41) is 4.94. The van der Waals surface area contributed by atoms with Crippen LogP contribution < -0.4 is 25.0 Å². The van der Waals surface area contributed by atoms with E-state index in [0.717, 1.165) is 12.1 Å². The number of nitrogens with one attached hydrogen (secondary N) is 3. The molecule has 0 aliphatic carbocycles. The molecule has 2 aromatic rings. The Kier molecular flexibility index (Phi) is 8.54. The lowest BCUT2D eigenvalue weighted by molar-refractivity contribution is -0.862. The highest BCUT2D eigenvalue weighted by Gasteiger charge is 2.18. The molecule has 0 aliphatic rings. The van der Waals surface area contributed by atoms with E-state index in [4.69, 9.17) is 9.47 Å². The van der Waals surface area contributed by atoms with Gasteiger partial charge in [-0.1, -0.05) is 6.07 Å². The van der Waals surface area contributed by atoms with Gasteiger partial charge in [-0.2, -0.15) is 0 Å². The molecular weight excluding hydrogens is 396 g/mol. The van der Waals surface area contributed by atoms with Crippen molar-refractivity contribution in [3.05, 3.63) is 48.0 Å². The number of hydrogen-bond acceptors (Lipinski definition) is 4. The van der Waals surface area contributed by atoms with Gasteiger partial charge in [-0.05, 0) is 38.1 Å². The zero-order valence-electron chi connectivity index (χ0n) is 17.2. The highest BCUT2D eigenvalue weighted by Crippen LogP contribution is 2.30. The van der Waals surface area contributed by atoms with Crippen molar-refractivity contribution < 1.29 is 32.7 Å². The molecule has 0 spiro atoms. The van der Waals surface area contributed by atoms with E-state index in [2.05, 4.69) is 10.6 Å². The molecule has 0 bridgehead atoms. The van der Waals surface area contributed by atoms with Gasteiger partial charge in [0.05, 0.1) is 20.3 Å². The van der Waals surface area contributed by atoms with Crippen LogP contribution in [-0.4, -0.2) is 45.2 Å². The van der Waals surface area contributed by atoms with Crippen LogP contribution in [0.3, 0.4) is 0 Å². The summed E-state index contributed by atoms with van der Waals surface area (Å²) in [6.45, 7) is 4.47. The number of benzene rings is 2. The Morgan fingerprint density at radius 1 is 0.900 bits per heavy atom. The predicted octanol–water partition coefficient (Wildman–Crippen LogP) is 1.85. The van der Waals surface area contributed by atoms with Crippen molar-refractivity contribution in [3.63, 3.8) is 0 Å². The van der Waals surface area contributed by atoms with Crippen molar-refractivity contribution in [1.82, 2.24) is 0 Å². The van der Waals surface area contributed by atoms with Crippen LogP contribution >= 0.6 is 0 Å². The standard InChI is InChI=1S/C21H25F2N3O4/c1-4-29-17-10-9-14(11-18(17)30-5-2)24-19(27)12-26(3)13-20(28)25-21-15(22)7-6-8-16(21)23/h6-11H,4-5,12-13H2,1-3H3,(H,24,27)(H,25,28)/p+1. The average Bonchev–Trinajstić information content (AvgIpc) is 2.67. The lowest BCUT2D eigenvalue weighted by Gasteiger charge is -2.15. The third kappa shape index (κ3) is 6.70. The molecule has 0 radical (unpaired) electrons. The second-order valence-electron chi connectivity index (χ2n) is 6.53. The topological polar surface area (TPSA) is 81.1 Å². The molecule has 0 fully saturated rings. The van der Waals surface area contributed by atoms with Gasteiger partial charge < -0.3 is 25.0 Å². The molecule has 3 N–H and O–H groups in total. The largest absolute Gasteiger partial charge is 0.490 e. The molecule has 1 unspecified atom stereocenters. The first-order chi connectivity index (χ1) is 14.3. The van der Waals surface area contributed by atoms with Gasteiger partial charge in [-0.15, -0.1) is 0 Å². The maximum atomic E-state index is 13.6. The second-order valence-corrected chi connectivity index (χ2v) is 6.53. The number of rotatable bonds is 10. The Bertz CT molecular complexity index is 872. The molecule has 2 aromatic carbocycles. The number of hydrogen-bond donors (Lipinski definition) is 3. The van der Waals surface area contributed by atoms with Crippen LogP contribution in [0, 0.1) is 11.6 Å². The van der Waals surface area contributed by atoms with Gasteiger partial charge in [0.15, 0.2) is 24.6 Å². The van der Waals surface area contributed by atoms with E-state index < -0.39 is 23.2 Å². The van der Waals surface area contributed by atoms with Crippen molar-refractivity contribution in [1.29, 1.82) is 0 Å². The molecule has 30 heavy (non-hydrogen) atoms. The van der Waals surface area contributed by atoms with Crippen molar-refractivity contribution >= 4 is 23.2 Å². The minimum absolute atomic E-state index is 0.0235. The van der Waals surface area contributed by atoms with E-state index in [-0.39, 0.29) is 19.0 Å². The van der Waals surface area contributed by atoms with Gasteiger partial charge in [-0.25, -0.2) is 8.78 Å². The van der Waals surface area contributed by atoms with Gasteiger partial charge >= 0.3 is 0 Å². The average molecular weight is 422 g/mol. The molecule has 0 heterocycles. The zero-order chi connectivity index (χ0) is 22.1. The molecule has 162 valence electrons. The smallest absolute Gasteiger partial charge is 0.279 e. The molecule has 1 atom stereocenters. The molecular formula is C21H26F2N3O4+. The molecule has 2 amide bonds. The van der Waals surface area contributed by atoms with Gasteiger partial charge in [0.1, 0.15) is 17.3 Å². The predicted molar refractivity (Wildman–Crippen MR) is 109 cm³/mol. The highest BCUT2D eigenvalue weighted by molar-refractivity contribution is 5.93. The van der Waals surface area contributed by atoms with Crippen molar-refractivity contribution in [3.8, 4) is 11.5 Å². The molecule has 2 rings (SSSR count). The van der Waals surface area contributed by atoms with E-state index in [1.165, 1.54) is 6.07 Å². The maximum Gasteiger partial charge on any atom is 0.279 e. The summed E-state index contributed by atoms with van der Waals surface area (Å²) in [7, 11) is 1.63. The van der Waals surface area contributed by atoms with Crippen LogP contribution in [0.5, 0.6) is 11.5 Å². The lowest BCUT2D eigenvalue weighted by atomic mass is 10.2. The summed E-state index contributed by atoms with van der Waals surface area (Å²) >= 11 is 0. The van der Waals surface area contributed by atoms with Gasteiger partial charge in [0.25, 0.3) is 11.8 Å². The summed E-state index contributed by atoms with van der Waals surface area (Å²) in [5.41, 5.74) is 0.0233. The van der Waals surface area contributed by atoms with Crippen molar-refractivity contribution in [2.45, 2.75) is 13.8 Å². The van der Waals surface area contributed by atoms with Crippen LogP contribution in [0.15, 0.2) is 36.4 Å². The normalized spacial score (nSPS) is 11.5. The summed E-state index contributed by atoms with van der Waals surface area (Å²) in [4.78, 5) is 24.9. The molecule has 0 aliphatic heterocycles. The fourth-order valence-corrected chi connectivity index (χ4v) is 2.75. The monoisotopic (exact) mass is 422 g/mol. The SMILES string of the molecule is CCOc1ccc(NC(=O)C[NH+](C)CC(=O)Nc2c(F)cccc2F)cc1OCC. The van der Waals surface area contributed by atoms with Crippen LogP contribution in [0.25, 0.3) is 0 Å². The second kappa shape index (κ2) is 11.1. The Morgan fingerprint density at radius 2 is 1.47 bits per heavy atom. The Labute approximate surface area is 174 Å². The van der Waals surface area contributed by atoms with E-state index in [9.17, 15) is 18.4 Å². The number of carbonyl (C=O) groups is 2. The Morgan fingerprint density at radius 3 is 2.07 bits per heavy atom. The number of likely N-dealkylation sites (N-methyl/N-ethyl adjacent to an activating group) is 1. The first-order valence-corrected chi connectivity index (χ1v) is 9.58. The van der Waals surface area contributed by atoms with Crippen molar-refractivity contribution in [2.75, 3.05) is 44.0 Å². The fourth-order valence-electron chi connectivity index (χ4n) is 2.75. The maximum absolute atomic E-state index is 13.6. The van der Waals surface area contributed by atoms with E-state index in [1.807, 2.05) is 13.8 Å². The molecule has 0 saturated heterocycles. The van der Waals surface area contributed by atoms with Gasteiger partial charge in [-0.3, -0.25) is 9.59 Å². The van der Waals surface area contributed by atoms with E-state index in [0.29, 0.717) is 35.3 Å². The lowest BCUT2D eigenvalue weighted by Crippen LogP contribution is -3.11. The number of para-hydroxylation sites is 1. The van der Waals surface area contributed by atoms with Crippen LogP contribution in [0.4, 0.5) is 20.2 Å². The molecule has 0 saturated carbocycles. The third-order valence-electron chi connectivity index (χ3n) is 3.98. The number of ether oxygens (including phenoxy) is 2. The van der Waals surface area contributed by atoms with Crippen LogP contribution in [0.2, 0.25) is 0 Å². The molecule has 0 aromatic heterocycles. The number of amides is 2. The summed E-state index contributed by atoms with van der Waals surface area (Å²) < 4.78 is 38.2. The number of carbonyl (C=O) groups excluding carboxylic acids is 2. The third-order valence-corrected chi connectivity index (χ3v) is 3.98. The van der Waals surface area contributed by atoms with E-state index in [1.54, 1.807) is 25.2 Å². The molecule has 7 nitrogen and oxygen atoms in total. The summed E-state index contributed by atoms with van der Waals surface area (Å²) in [6.07, 6.45) is 0. The van der Waals surface area contributed by atoms with Crippen molar-refractivity contribution in [2.24, 2.45) is 0 Å². The van der Waals surface area contributed by atoms with Gasteiger partial charge in [0, 0.05) is 11.8 Å². The molecule has 9 heteroatoms. The number of halogens is 2. The highest BCUT2D eigenvalue weighted by atomic mass is 19.1.